The summed E-state index contributed by atoms with van der Waals surface area (Å²) in [5.74, 6) is 1.84. The van der Waals surface area contributed by atoms with Crippen LogP contribution < -0.4 is 20.1 Å². The van der Waals surface area contributed by atoms with Crippen LogP contribution in [0.15, 0.2) is 35.5 Å². The van der Waals surface area contributed by atoms with Crippen LogP contribution in [0.5, 0.6) is 11.5 Å². The number of ether oxygens (including phenoxy) is 2. The summed E-state index contributed by atoms with van der Waals surface area (Å²) in [7, 11) is 3.37. The quantitative estimate of drug-likeness (QED) is 0.344. The van der Waals surface area contributed by atoms with Crippen molar-refractivity contribution < 1.29 is 13.9 Å². The van der Waals surface area contributed by atoms with E-state index in [-0.39, 0.29) is 35.9 Å². The number of aryl methyl sites for hydroxylation is 1. The second-order valence-corrected chi connectivity index (χ2v) is 6.24. The molecular formula is C20H28FIN4O2. The van der Waals surface area contributed by atoms with E-state index in [0.29, 0.717) is 24.8 Å². The van der Waals surface area contributed by atoms with E-state index in [9.17, 15) is 4.39 Å². The molecule has 1 heterocycles. The molecule has 0 aliphatic rings. The number of pyridine rings is 1. The summed E-state index contributed by atoms with van der Waals surface area (Å²) >= 11 is 0. The molecule has 0 aliphatic heterocycles. The lowest BCUT2D eigenvalue weighted by Gasteiger charge is -2.18. The number of methoxy groups -OCH3 is 1. The lowest BCUT2D eigenvalue weighted by atomic mass is 10.1. The van der Waals surface area contributed by atoms with Gasteiger partial charge in [0.2, 0.25) is 0 Å². The fourth-order valence-corrected chi connectivity index (χ4v) is 2.66. The Morgan fingerprint density at radius 1 is 1.21 bits per heavy atom. The minimum atomic E-state index is -0.283. The molecule has 0 saturated heterocycles. The van der Waals surface area contributed by atoms with E-state index in [2.05, 4.69) is 20.6 Å². The number of benzene rings is 1. The van der Waals surface area contributed by atoms with Gasteiger partial charge in [0.15, 0.2) is 5.96 Å². The highest BCUT2D eigenvalue weighted by atomic mass is 127. The topological polar surface area (TPSA) is 67.8 Å². The highest BCUT2D eigenvalue weighted by Gasteiger charge is 2.11. The van der Waals surface area contributed by atoms with E-state index in [4.69, 9.17) is 9.47 Å². The van der Waals surface area contributed by atoms with Crippen LogP contribution in [0, 0.1) is 19.7 Å². The predicted octanol–water partition coefficient (Wildman–Crippen LogP) is 3.60. The average Bonchev–Trinajstić information content (AvgIpc) is 2.65. The SMILES string of the molecule is CN=C(NCc1ncc(C)c(OC)c1C)NCC(C)Oc1ccc(F)cc1.I. The van der Waals surface area contributed by atoms with Crippen LogP contribution in [0.1, 0.15) is 23.7 Å². The van der Waals surface area contributed by atoms with Crippen molar-refractivity contribution in [3.8, 4) is 11.5 Å². The van der Waals surface area contributed by atoms with Crippen molar-refractivity contribution in [2.75, 3.05) is 20.7 Å². The first-order valence-electron chi connectivity index (χ1n) is 8.80. The minimum absolute atomic E-state index is 0. The summed E-state index contributed by atoms with van der Waals surface area (Å²) in [6.45, 7) is 6.96. The van der Waals surface area contributed by atoms with E-state index in [1.807, 2.05) is 20.8 Å². The Morgan fingerprint density at radius 2 is 1.89 bits per heavy atom. The van der Waals surface area contributed by atoms with Gasteiger partial charge in [-0.1, -0.05) is 0 Å². The molecule has 0 amide bonds. The number of aromatic nitrogens is 1. The first-order chi connectivity index (χ1) is 12.9. The van der Waals surface area contributed by atoms with Crippen molar-refractivity contribution in [3.63, 3.8) is 0 Å². The first kappa shape index (κ1) is 23.9. The second kappa shape index (κ2) is 11.7. The molecule has 0 radical (unpaired) electrons. The molecule has 0 saturated carbocycles. The zero-order valence-electron chi connectivity index (χ0n) is 16.9. The molecule has 1 unspecified atom stereocenters. The van der Waals surface area contributed by atoms with Crippen molar-refractivity contribution in [1.29, 1.82) is 0 Å². The minimum Gasteiger partial charge on any atom is -0.496 e. The number of hydrogen-bond acceptors (Lipinski definition) is 4. The Kier molecular flexibility index (Phi) is 9.98. The fraction of sp³-hybridized carbons (Fsp3) is 0.400. The highest BCUT2D eigenvalue weighted by Crippen LogP contribution is 2.23. The van der Waals surface area contributed by atoms with Crippen LogP contribution in [-0.2, 0) is 6.54 Å². The number of aliphatic imine (C=N–C) groups is 1. The average molecular weight is 502 g/mol. The van der Waals surface area contributed by atoms with Gasteiger partial charge in [-0.05, 0) is 45.0 Å². The fourth-order valence-electron chi connectivity index (χ4n) is 2.66. The maximum atomic E-state index is 12.9. The van der Waals surface area contributed by atoms with Gasteiger partial charge in [-0.3, -0.25) is 9.98 Å². The molecular weight excluding hydrogens is 474 g/mol. The molecule has 1 aromatic heterocycles. The van der Waals surface area contributed by atoms with Gasteiger partial charge in [0.1, 0.15) is 23.4 Å². The summed E-state index contributed by atoms with van der Waals surface area (Å²) < 4.78 is 24.1. The molecule has 154 valence electrons. The molecule has 2 N–H and O–H groups in total. The Balaban J connectivity index is 0.00000392. The summed E-state index contributed by atoms with van der Waals surface area (Å²) in [5.41, 5.74) is 2.91. The summed E-state index contributed by atoms with van der Waals surface area (Å²) in [4.78, 5) is 8.68. The van der Waals surface area contributed by atoms with E-state index in [1.165, 1.54) is 12.1 Å². The third-order valence-corrected chi connectivity index (χ3v) is 4.10. The Hall–Kier alpha value is -2.10. The third-order valence-electron chi connectivity index (χ3n) is 4.10. The monoisotopic (exact) mass is 502 g/mol. The van der Waals surface area contributed by atoms with Crippen molar-refractivity contribution >= 4 is 29.9 Å². The zero-order valence-corrected chi connectivity index (χ0v) is 19.2. The number of guanidine groups is 1. The van der Waals surface area contributed by atoms with Crippen LogP contribution in [0.3, 0.4) is 0 Å². The van der Waals surface area contributed by atoms with E-state index >= 15 is 0 Å². The summed E-state index contributed by atoms with van der Waals surface area (Å²) in [6.07, 6.45) is 1.69. The standard InChI is InChI=1S/C20H27FN4O2.HI/c1-13-10-23-18(15(3)19(13)26-5)12-25-20(22-4)24-11-14(2)27-17-8-6-16(21)7-9-17;/h6-10,14H,11-12H2,1-5H3,(H2,22,24,25);1H. The molecule has 0 fully saturated rings. The maximum absolute atomic E-state index is 12.9. The van der Waals surface area contributed by atoms with Crippen molar-refractivity contribution in [2.24, 2.45) is 4.99 Å². The van der Waals surface area contributed by atoms with Crippen LogP contribution >= 0.6 is 24.0 Å². The maximum Gasteiger partial charge on any atom is 0.191 e. The van der Waals surface area contributed by atoms with E-state index in [1.54, 1.807) is 32.5 Å². The van der Waals surface area contributed by atoms with Crippen molar-refractivity contribution in [2.45, 2.75) is 33.4 Å². The van der Waals surface area contributed by atoms with Gasteiger partial charge in [-0.2, -0.15) is 0 Å². The van der Waals surface area contributed by atoms with Gasteiger partial charge in [0.25, 0.3) is 0 Å². The van der Waals surface area contributed by atoms with Crippen LogP contribution in [0.4, 0.5) is 4.39 Å². The highest BCUT2D eigenvalue weighted by molar-refractivity contribution is 14.0. The predicted molar refractivity (Wildman–Crippen MR) is 120 cm³/mol. The summed E-state index contributed by atoms with van der Waals surface area (Å²) in [5, 5.41) is 6.45. The van der Waals surface area contributed by atoms with E-state index in [0.717, 1.165) is 22.6 Å². The molecule has 1 atom stereocenters. The largest absolute Gasteiger partial charge is 0.496 e. The van der Waals surface area contributed by atoms with Gasteiger partial charge in [0, 0.05) is 24.4 Å². The van der Waals surface area contributed by atoms with Crippen molar-refractivity contribution in [1.82, 2.24) is 15.6 Å². The molecule has 1 aromatic carbocycles. The van der Waals surface area contributed by atoms with Crippen LogP contribution in [-0.4, -0.2) is 37.7 Å². The second-order valence-electron chi connectivity index (χ2n) is 6.24. The molecule has 2 rings (SSSR count). The molecule has 2 aromatic rings. The van der Waals surface area contributed by atoms with Gasteiger partial charge < -0.3 is 20.1 Å². The Labute approximate surface area is 183 Å². The lowest BCUT2D eigenvalue weighted by Crippen LogP contribution is -2.41. The lowest BCUT2D eigenvalue weighted by molar-refractivity contribution is 0.223. The smallest absolute Gasteiger partial charge is 0.191 e. The molecule has 28 heavy (non-hydrogen) atoms. The Bertz CT molecular complexity index is 785. The number of nitrogens with one attached hydrogen (secondary N) is 2. The molecule has 0 spiro atoms. The van der Waals surface area contributed by atoms with Gasteiger partial charge in [-0.15, -0.1) is 24.0 Å². The Morgan fingerprint density at radius 3 is 2.50 bits per heavy atom. The number of hydrogen-bond donors (Lipinski definition) is 2. The van der Waals surface area contributed by atoms with Gasteiger partial charge in [-0.25, -0.2) is 4.39 Å². The van der Waals surface area contributed by atoms with Crippen LogP contribution in [0.25, 0.3) is 0 Å². The van der Waals surface area contributed by atoms with Gasteiger partial charge in [0.05, 0.1) is 25.9 Å². The number of rotatable bonds is 7. The zero-order chi connectivity index (χ0) is 19.8. The normalized spacial score (nSPS) is 12.0. The summed E-state index contributed by atoms with van der Waals surface area (Å²) in [6, 6.07) is 5.97. The van der Waals surface area contributed by atoms with Crippen molar-refractivity contribution in [3.05, 3.63) is 53.1 Å². The number of halogens is 2. The van der Waals surface area contributed by atoms with Crippen LogP contribution in [0.2, 0.25) is 0 Å². The van der Waals surface area contributed by atoms with E-state index < -0.39 is 0 Å². The third kappa shape index (κ3) is 6.81. The molecule has 8 heteroatoms. The number of nitrogens with zero attached hydrogens (tertiary/aromatic N) is 2. The molecule has 6 nitrogen and oxygen atoms in total. The molecule has 0 bridgehead atoms. The van der Waals surface area contributed by atoms with Gasteiger partial charge >= 0.3 is 0 Å². The molecule has 0 aliphatic carbocycles. The first-order valence-corrected chi connectivity index (χ1v) is 8.80.